The lowest BCUT2D eigenvalue weighted by Crippen LogP contribution is -2.08. The lowest BCUT2D eigenvalue weighted by atomic mass is 10.1. The average molecular weight is 341 g/mol. The van der Waals surface area contributed by atoms with Gasteiger partial charge in [-0.2, -0.15) is 5.10 Å². The van der Waals surface area contributed by atoms with Gasteiger partial charge in [0.15, 0.2) is 0 Å². The Bertz CT molecular complexity index is 829. The lowest BCUT2D eigenvalue weighted by Gasteiger charge is -2.04. The summed E-state index contributed by atoms with van der Waals surface area (Å²) in [5.41, 5.74) is 3.12. The molecule has 2 aromatic carbocycles. The molecule has 1 aromatic heterocycles. The van der Waals surface area contributed by atoms with Gasteiger partial charge in [0, 0.05) is 11.1 Å². The maximum absolute atomic E-state index is 12.0. The Morgan fingerprint density at radius 2 is 1.71 bits per heavy atom. The van der Waals surface area contributed by atoms with Crippen LogP contribution in [0.5, 0.6) is 0 Å². The Kier molecular flexibility index (Phi) is 4.96. The number of para-hydroxylation sites is 1. The van der Waals surface area contributed by atoms with Gasteiger partial charge in [-0.25, -0.2) is 4.68 Å². The van der Waals surface area contributed by atoms with Gasteiger partial charge in [0.25, 0.3) is 0 Å². The van der Waals surface area contributed by atoms with E-state index in [4.69, 9.17) is 16.3 Å². The molecule has 0 spiro atoms. The van der Waals surface area contributed by atoms with Crippen molar-refractivity contribution in [1.82, 2.24) is 9.78 Å². The molecule has 0 aliphatic carbocycles. The maximum Gasteiger partial charge on any atom is 0.310 e. The summed E-state index contributed by atoms with van der Waals surface area (Å²) in [5.74, 6) is -0.316. The number of carbonyl (C=O) groups is 1. The van der Waals surface area contributed by atoms with Crippen LogP contribution in [0.25, 0.3) is 16.9 Å². The Morgan fingerprint density at radius 3 is 2.33 bits per heavy atom. The third kappa shape index (κ3) is 3.34. The molecule has 0 aliphatic heterocycles. The molecule has 3 aromatic rings. The smallest absolute Gasteiger partial charge is 0.310 e. The van der Waals surface area contributed by atoms with Gasteiger partial charge in [0.05, 0.1) is 24.4 Å². The van der Waals surface area contributed by atoms with Crippen LogP contribution in [0.4, 0.5) is 0 Å². The predicted molar refractivity (Wildman–Crippen MR) is 94.3 cm³/mol. The first kappa shape index (κ1) is 16.3. The van der Waals surface area contributed by atoms with Gasteiger partial charge in [0.2, 0.25) is 0 Å². The summed E-state index contributed by atoms with van der Waals surface area (Å²) < 4.78 is 6.72. The van der Waals surface area contributed by atoms with Crippen LogP contribution in [-0.4, -0.2) is 22.4 Å². The maximum atomic E-state index is 12.0. The largest absolute Gasteiger partial charge is 0.466 e. The van der Waals surface area contributed by atoms with E-state index in [0.717, 1.165) is 11.3 Å². The van der Waals surface area contributed by atoms with Gasteiger partial charge in [-0.15, -0.1) is 0 Å². The van der Waals surface area contributed by atoms with Crippen molar-refractivity contribution in [3.63, 3.8) is 0 Å². The van der Waals surface area contributed by atoms with Gasteiger partial charge in [-0.05, 0) is 19.1 Å². The first-order valence-electron chi connectivity index (χ1n) is 7.74. The van der Waals surface area contributed by atoms with Crippen LogP contribution < -0.4 is 0 Å². The third-order valence-electron chi connectivity index (χ3n) is 3.60. The summed E-state index contributed by atoms with van der Waals surface area (Å²) in [6, 6.07) is 19.3. The predicted octanol–water partition coefficient (Wildman–Crippen LogP) is 4.30. The van der Waals surface area contributed by atoms with Crippen molar-refractivity contribution >= 4 is 17.6 Å². The topological polar surface area (TPSA) is 44.1 Å². The van der Waals surface area contributed by atoms with Crippen molar-refractivity contribution in [2.45, 2.75) is 13.3 Å². The standard InChI is InChI=1S/C19H17ClN2O2/c1-2-24-17(23)13-16-18(14-9-5-3-6-10-14)21-22(19(16)20)15-11-7-4-8-12-15/h3-12H,2,13H2,1H3. The molecule has 0 atom stereocenters. The van der Waals surface area contributed by atoms with E-state index in [2.05, 4.69) is 5.10 Å². The van der Waals surface area contributed by atoms with Crippen LogP contribution in [0.3, 0.4) is 0 Å². The summed E-state index contributed by atoms with van der Waals surface area (Å²) >= 11 is 6.55. The average Bonchev–Trinajstić information content (AvgIpc) is 2.93. The zero-order valence-corrected chi connectivity index (χ0v) is 14.0. The normalized spacial score (nSPS) is 10.6. The molecule has 1 heterocycles. The van der Waals surface area contributed by atoms with Crippen LogP contribution in [0.15, 0.2) is 60.7 Å². The summed E-state index contributed by atoms with van der Waals surface area (Å²) in [6.45, 7) is 2.12. The van der Waals surface area contributed by atoms with Crippen LogP contribution in [-0.2, 0) is 16.0 Å². The van der Waals surface area contributed by atoms with Crippen molar-refractivity contribution in [1.29, 1.82) is 0 Å². The molecule has 0 N–H and O–H groups in total. The summed E-state index contributed by atoms with van der Waals surface area (Å²) in [4.78, 5) is 12.0. The second-order valence-corrected chi connectivity index (χ2v) is 5.57. The Hall–Kier alpha value is -2.59. The molecule has 0 bridgehead atoms. The van der Waals surface area contributed by atoms with Crippen LogP contribution in [0.1, 0.15) is 12.5 Å². The molecule has 5 heteroatoms. The number of carbonyl (C=O) groups excluding carboxylic acids is 1. The zero-order chi connectivity index (χ0) is 16.9. The van der Waals surface area contributed by atoms with Crippen molar-refractivity contribution in [2.24, 2.45) is 0 Å². The van der Waals surface area contributed by atoms with E-state index in [-0.39, 0.29) is 12.4 Å². The van der Waals surface area contributed by atoms with E-state index in [0.29, 0.717) is 23.0 Å². The molecule has 3 rings (SSSR count). The first-order chi connectivity index (χ1) is 11.7. The molecule has 4 nitrogen and oxygen atoms in total. The fraction of sp³-hybridized carbons (Fsp3) is 0.158. The minimum atomic E-state index is -0.316. The van der Waals surface area contributed by atoms with Crippen molar-refractivity contribution in [3.8, 4) is 16.9 Å². The van der Waals surface area contributed by atoms with Crippen LogP contribution in [0.2, 0.25) is 5.15 Å². The highest BCUT2D eigenvalue weighted by Crippen LogP contribution is 2.31. The number of rotatable bonds is 5. The van der Waals surface area contributed by atoms with E-state index in [1.807, 2.05) is 60.7 Å². The number of esters is 1. The molecular formula is C19H17ClN2O2. The third-order valence-corrected chi connectivity index (χ3v) is 3.98. The molecule has 0 aliphatic rings. The highest BCUT2D eigenvalue weighted by Gasteiger charge is 2.21. The monoisotopic (exact) mass is 340 g/mol. The summed E-state index contributed by atoms with van der Waals surface area (Å²) in [6.07, 6.45) is 0.0870. The molecule has 0 amide bonds. The second-order valence-electron chi connectivity index (χ2n) is 5.21. The SMILES string of the molecule is CCOC(=O)Cc1c(-c2ccccc2)nn(-c2ccccc2)c1Cl. The van der Waals surface area contributed by atoms with E-state index >= 15 is 0 Å². The van der Waals surface area contributed by atoms with E-state index < -0.39 is 0 Å². The second kappa shape index (κ2) is 7.32. The number of hydrogen-bond donors (Lipinski definition) is 0. The number of benzene rings is 2. The first-order valence-corrected chi connectivity index (χ1v) is 8.12. The van der Waals surface area contributed by atoms with Gasteiger partial charge in [-0.1, -0.05) is 60.1 Å². The molecule has 0 fully saturated rings. The van der Waals surface area contributed by atoms with E-state index in [1.165, 1.54) is 0 Å². The summed E-state index contributed by atoms with van der Waals surface area (Å²) in [7, 11) is 0. The van der Waals surface area contributed by atoms with Crippen LogP contribution >= 0.6 is 11.6 Å². The van der Waals surface area contributed by atoms with Crippen LogP contribution in [0, 0.1) is 0 Å². The Labute approximate surface area is 145 Å². The van der Waals surface area contributed by atoms with E-state index in [1.54, 1.807) is 11.6 Å². The number of aromatic nitrogens is 2. The van der Waals surface area contributed by atoms with Crippen molar-refractivity contribution < 1.29 is 9.53 Å². The molecule has 0 radical (unpaired) electrons. The Balaban J connectivity index is 2.11. The minimum Gasteiger partial charge on any atom is -0.466 e. The number of ether oxygens (including phenoxy) is 1. The zero-order valence-electron chi connectivity index (χ0n) is 13.3. The number of halogens is 1. The summed E-state index contributed by atoms with van der Waals surface area (Å²) in [5, 5.41) is 5.06. The quantitative estimate of drug-likeness (QED) is 0.650. The molecule has 122 valence electrons. The fourth-order valence-corrected chi connectivity index (χ4v) is 2.80. The molecule has 0 unspecified atom stereocenters. The lowest BCUT2D eigenvalue weighted by molar-refractivity contribution is -0.142. The number of nitrogens with zero attached hydrogens (tertiary/aromatic N) is 2. The highest BCUT2D eigenvalue weighted by atomic mass is 35.5. The highest BCUT2D eigenvalue weighted by molar-refractivity contribution is 6.31. The van der Waals surface area contributed by atoms with Gasteiger partial charge >= 0.3 is 5.97 Å². The molecule has 0 saturated carbocycles. The van der Waals surface area contributed by atoms with E-state index in [9.17, 15) is 4.79 Å². The fourth-order valence-electron chi connectivity index (χ4n) is 2.51. The van der Waals surface area contributed by atoms with Gasteiger partial charge in [-0.3, -0.25) is 4.79 Å². The van der Waals surface area contributed by atoms with Crippen molar-refractivity contribution in [2.75, 3.05) is 6.61 Å². The number of hydrogen-bond acceptors (Lipinski definition) is 3. The van der Waals surface area contributed by atoms with Crippen molar-refractivity contribution in [3.05, 3.63) is 71.4 Å². The minimum absolute atomic E-state index is 0.0870. The van der Waals surface area contributed by atoms with Gasteiger partial charge < -0.3 is 4.74 Å². The molecule has 24 heavy (non-hydrogen) atoms. The van der Waals surface area contributed by atoms with Gasteiger partial charge in [0.1, 0.15) is 5.15 Å². The Morgan fingerprint density at radius 1 is 1.08 bits per heavy atom. The molecular weight excluding hydrogens is 324 g/mol. The molecule has 0 saturated heterocycles.